The summed E-state index contributed by atoms with van der Waals surface area (Å²) in [7, 11) is 0. The van der Waals surface area contributed by atoms with Gasteiger partial charge in [-0.15, -0.1) is 0 Å². The molecule has 2 nitrogen and oxygen atoms in total. The maximum absolute atomic E-state index is 5.64. The van der Waals surface area contributed by atoms with Crippen molar-refractivity contribution in [2.75, 3.05) is 24.7 Å². The minimum Gasteiger partial charge on any atom is -0.363 e. The monoisotopic (exact) mass is 173 g/mol. The van der Waals surface area contributed by atoms with Crippen molar-refractivity contribution >= 4 is 11.8 Å². The van der Waals surface area contributed by atoms with E-state index in [1.54, 1.807) is 0 Å². The summed E-state index contributed by atoms with van der Waals surface area (Å²) in [6.07, 6.45) is 2.89. The molecule has 3 heteroatoms. The van der Waals surface area contributed by atoms with Gasteiger partial charge in [0.05, 0.1) is 0 Å². The van der Waals surface area contributed by atoms with Crippen LogP contribution in [-0.2, 0) is 4.74 Å². The highest BCUT2D eigenvalue weighted by molar-refractivity contribution is 7.99. The van der Waals surface area contributed by atoms with Crippen molar-refractivity contribution in [2.24, 2.45) is 5.92 Å². The predicted molar refractivity (Wildman–Crippen MR) is 47.8 cm³/mol. The van der Waals surface area contributed by atoms with Gasteiger partial charge < -0.3 is 4.74 Å². The summed E-state index contributed by atoms with van der Waals surface area (Å²) in [5, 5.41) is 3.43. The van der Waals surface area contributed by atoms with Gasteiger partial charge in [-0.1, -0.05) is 0 Å². The molecule has 0 aromatic heterocycles. The van der Waals surface area contributed by atoms with Gasteiger partial charge in [0.1, 0.15) is 6.23 Å². The van der Waals surface area contributed by atoms with E-state index >= 15 is 0 Å². The van der Waals surface area contributed by atoms with Crippen molar-refractivity contribution < 1.29 is 4.74 Å². The molecule has 2 saturated heterocycles. The van der Waals surface area contributed by atoms with Crippen molar-refractivity contribution in [3.63, 3.8) is 0 Å². The predicted octanol–water partition coefficient (Wildman–Crippen LogP) is 1.08. The Hall–Kier alpha value is 0.270. The van der Waals surface area contributed by atoms with Crippen LogP contribution in [0.25, 0.3) is 0 Å². The molecule has 0 spiro atoms. The highest BCUT2D eigenvalue weighted by Gasteiger charge is 2.26. The van der Waals surface area contributed by atoms with Crippen molar-refractivity contribution in [3.8, 4) is 0 Å². The topological polar surface area (TPSA) is 21.3 Å². The Morgan fingerprint density at radius 2 is 2.45 bits per heavy atom. The average molecular weight is 173 g/mol. The molecule has 64 valence electrons. The second-order valence-electron chi connectivity index (χ2n) is 3.22. The van der Waals surface area contributed by atoms with E-state index in [9.17, 15) is 0 Å². The van der Waals surface area contributed by atoms with Gasteiger partial charge >= 0.3 is 0 Å². The average Bonchev–Trinajstić information content (AvgIpc) is 2.58. The fourth-order valence-electron chi connectivity index (χ4n) is 1.68. The third kappa shape index (κ3) is 1.89. The second kappa shape index (κ2) is 3.78. The molecule has 2 fully saturated rings. The molecule has 11 heavy (non-hydrogen) atoms. The Morgan fingerprint density at radius 1 is 1.45 bits per heavy atom. The van der Waals surface area contributed by atoms with Crippen LogP contribution < -0.4 is 5.32 Å². The molecule has 0 aromatic carbocycles. The Balaban J connectivity index is 1.82. The maximum Gasteiger partial charge on any atom is 0.111 e. The molecule has 2 aliphatic heterocycles. The van der Waals surface area contributed by atoms with Crippen molar-refractivity contribution in [1.82, 2.24) is 5.32 Å². The van der Waals surface area contributed by atoms with Gasteiger partial charge in [-0.05, 0) is 30.9 Å². The summed E-state index contributed by atoms with van der Waals surface area (Å²) < 4.78 is 5.64. The van der Waals surface area contributed by atoms with Crippen molar-refractivity contribution in [3.05, 3.63) is 0 Å². The molecule has 0 aromatic rings. The number of hydrogen-bond donors (Lipinski definition) is 1. The minimum absolute atomic E-state index is 0.374. The molecule has 1 N–H and O–H groups in total. The van der Waals surface area contributed by atoms with Crippen LogP contribution >= 0.6 is 11.8 Å². The van der Waals surface area contributed by atoms with Crippen LogP contribution in [0.3, 0.4) is 0 Å². The number of nitrogens with one attached hydrogen (secondary N) is 1. The van der Waals surface area contributed by atoms with Crippen LogP contribution in [-0.4, -0.2) is 30.9 Å². The molecule has 0 saturated carbocycles. The zero-order chi connectivity index (χ0) is 7.52. The molecular weight excluding hydrogens is 158 g/mol. The van der Waals surface area contributed by atoms with Crippen molar-refractivity contribution in [2.45, 2.75) is 19.1 Å². The van der Waals surface area contributed by atoms with E-state index in [-0.39, 0.29) is 0 Å². The number of ether oxygens (including phenoxy) is 1. The van der Waals surface area contributed by atoms with Crippen LogP contribution in [0.2, 0.25) is 0 Å². The Kier molecular flexibility index (Phi) is 2.72. The highest BCUT2D eigenvalue weighted by Crippen LogP contribution is 2.27. The third-order valence-corrected chi connectivity index (χ3v) is 3.55. The van der Waals surface area contributed by atoms with E-state index in [1.807, 2.05) is 0 Å². The number of thioether (sulfide) groups is 1. The number of hydrogen-bond acceptors (Lipinski definition) is 3. The number of rotatable bonds is 1. The standard InChI is InChI=1S/C8H15NOS/c1-3-9-8(10-4-1)7-2-5-11-6-7/h7-9H,1-6H2. The maximum atomic E-state index is 5.64. The smallest absolute Gasteiger partial charge is 0.111 e. The lowest BCUT2D eigenvalue weighted by atomic mass is 10.1. The van der Waals surface area contributed by atoms with Crippen LogP contribution in [0.15, 0.2) is 0 Å². The van der Waals surface area contributed by atoms with Gasteiger partial charge in [0.25, 0.3) is 0 Å². The quantitative estimate of drug-likeness (QED) is 0.641. The van der Waals surface area contributed by atoms with E-state index < -0.39 is 0 Å². The zero-order valence-corrected chi connectivity index (χ0v) is 7.53. The molecule has 2 heterocycles. The molecule has 0 bridgehead atoms. The van der Waals surface area contributed by atoms with Crippen LogP contribution in [0.1, 0.15) is 12.8 Å². The van der Waals surface area contributed by atoms with Gasteiger partial charge in [0.15, 0.2) is 0 Å². The van der Waals surface area contributed by atoms with Gasteiger partial charge in [0, 0.05) is 12.5 Å². The molecule has 0 amide bonds. The largest absolute Gasteiger partial charge is 0.363 e. The lowest BCUT2D eigenvalue weighted by Gasteiger charge is -2.28. The summed E-state index contributed by atoms with van der Waals surface area (Å²) >= 11 is 2.06. The molecular formula is C8H15NOS. The first kappa shape index (κ1) is 7.90. The molecule has 2 atom stereocenters. The summed E-state index contributed by atoms with van der Waals surface area (Å²) in [5.41, 5.74) is 0. The van der Waals surface area contributed by atoms with Crippen LogP contribution in [0.5, 0.6) is 0 Å². The molecule has 2 aliphatic rings. The van der Waals surface area contributed by atoms with E-state index in [4.69, 9.17) is 4.74 Å². The first-order valence-corrected chi connectivity index (χ1v) is 5.55. The summed E-state index contributed by atoms with van der Waals surface area (Å²) in [6, 6.07) is 0. The van der Waals surface area contributed by atoms with E-state index in [0.717, 1.165) is 19.1 Å². The zero-order valence-electron chi connectivity index (χ0n) is 6.71. The van der Waals surface area contributed by atoms with E-state index in [1.165, 1.54) is 24.3 Å². The second-order valence-corrected chi connectivity index (χ2v) is 4.37. The molecule has 0 aliphatic carbocycles. The Morgan fingerprint density at radius 3 is 3.09 bits per heavy atom. The first-order valence-electron chi connectivity index (χ1n) is 4.39. The minimum atomic E-state index is 0.374. The van der Waals surface area contributed by atoms with E-state index in [2.05, 4.69) is 17.1 Å². The lowest BCUT2D eigenvalue weighted by molar-refractivity contribution is -0.0291. The first-order chi connectivity index (χ1) is 5.47. The van der Waals surface area contributed by atoms with Gasteiger partial charge in [-0.3, -0.25) is 5.32 Å². The Bertz CT molecular complexity index is 119. The fraction of sp³-hybridized carbons (Fsp3) is 1.00. The van der Waals surface area contributed by atoms with Gasteiger partial charge in [0.2, 0.25) is 0 Å². The SMILES string of the molecule is C1CNC(C2CCSC2)OC1. The molecule has 2 unspecified atom stereocenters. The summed E-state index contributed by atoms with van der Waals surface area (Å²) in [5.74, 6) is 3.39. The molecule has 0 radical (unpaired) electrons. The van der Waals surface area contributed by atoms with Gasteiger partial charge in [-0.2, -0.15) is 11.8 Å². The van der Waals surface area contributed by atoms with Crippen LogP contribution in [0.4, 0.5) is 0 Å². The summed E-state index contributed by atoms with van der Waals surface area (Å²) in [4.78, 5) is 0. The third-order valence-electron chi connectivity index (χ3n) is 2.36. The Labute approximate surface area is 72.1 Å². The van der Waals surface area contributed by atoms with Crippen molar-refractivity contribution in [1.29, 1.82) is 0 Å². The lowest BCUT2D eigenvalue weighted by Crippen LogP contribution is -2.43. The van der Waals surface area contributed by atoms with Crippen LogP contribution in [0, 0.1) is 5.92 Å². The normalized spacial score (nSPS) is 39.3. The van der Waals surface area contributed by atoms with E-state index in [0.29, 0.717) is 6.23 Å². The highest BCUT2D eigenvalue weighted by atomic mass is 32.2. The summed E-state index contributed by atoms with van der Waals surface area (Å²) in [6.45, 7) is 2.10. The fourth-order valence-corrected chi connectivity index (χ4v) is 2.96. The molecule has 2 rings (SSSR count). The van der Waals surface area contributed by atoms with Gasteiger partial charge in [-0.25, -0.2) is 0 Å².